The zero-order valence-electron chi connectivity index (χ0n) is 11.7. The van der Waals surface area contributed by atoms with Crippen LogP contribution in [-0.4, -0.2) is 14.2 Å². The van der Waals surface area contributed by atoms with E-state index in [1.165, 1.54) is 6.07 Å². The molecule has 0 aromatic heterocycles. The van der Waals surface area contributed by atoms with Crippen molar-refractivity contribution in [2.24, 2.45) is 0 Å². The smallest absolute Gasteiger partial charge is 0.129 e. The van der Waals surface area contributed by atoms with Gasteiger partial charge in [0, 0.05) is 15.6 Å². The molecule has 2 aromatic carbocycles. The number of aryl methyl sites for hydroxylation is 1. The lowest BCUT2D eigenvalue weighted by atomic mass is 9.96. The van der Waals surface area contributed by atoms with E-state index in [2.05, 4.69) is 21.2 Å². The van der Waals surface area contributed by atoms with Crippen molar-refractivity contribution in [3.63, 3.8) is 0 Å². The Labute approximate surface area is 127 Å². The molecule has 0 aliphatic heterocycles. The molecule has 0 saturated carbocycles. The second kappa shape index (κ2) is 6.37. The van der Waals surface area contributed by atoms with Gasteiger partial charge in [-0.2, -0.15) is 0 Å². The van der Waals surface area contributed by atoms with Gasteiger partial charge in [0.15, 0.2) is 0 Å². The molecule has 0 radical (unpaired) electrons. The van der Waals surface area contributed by atoms with Gasteiger partial charge in [0.25, 0.3) is 0 Å². The van der Waals surface area contributed by atoms with E-state index in [0.29, 0.717) is 5.56 Å². The minimum absolute atomic E-state index is 0.248. The Kier molecular flexibility index (Phi) is 4.78. The fourth-order valence-corrected chi connectivity index (χ4v) is 2.63. The summed E-state index contributed by atoms with van der Waals surface area (Å²) in [6.45, 7) is 2.01. The number of ether oxygens (including phenoxy) is 1. The highest BCUT2D eigenvalue weighted by Crippen LogP contribution is 2.32. The van der Waals surface area contributed by atoms with Gasteiger partial charge < -0.3 is 10.1 Å². The molecule has 0 heterocycles. The standard InChI is InChI=1S/C16H17BrFNO/c1-10-4-7-15(20-3)13(8-10)16(19-2)12-6-5-11(17)9-14(12)18/h4-9,16,19H,1-3H3. The molecule has 4 heteroatoms. The fraction of sp³-hybridized carbons (Fsp3) is 0.250. The van der Waals surface area contributed by atoms with Crippen LogP contribution in [0.5, 0.6) is 5.75 Å². The summed E-state index contributed by atoms with van der Waals surface area (Å²) in [6, 6.07) is 10.7. The Morgan fingerprint density at radius 1 is 1.15 bits per heavy atom. The van der Waals surface area contributed by atoms with Crippen LogP contribution in [0.15, 0.2) is 40.9 Å². The average Bonchev–Trinajstić information content (AvgIpc) is 2.42. The Balaban J connectivity index is 2.54. The largest absolute Gasteiger partial charge is 0.496 e. The molecule has 2 nitrogen and oxygen atoms in total. The lowest BCUT2D eigenvalue weighted by molar-refractivity contribution is 0.404. The molecule has 0 spiro atoms. The van der Waals surface area contributed by atoms with Crippen LogP contribution >= 0.6 is 15.9 Å². The summed E-state index contributed by atoms with van der Waals surface area (Å²) in [5.41, 5.74) is 2.63. The van der Waals surface area contributed by atoms with E-state index in [1.54, 1.807) is 13.2 Å². The van der Waals surface area contributed by atoms with Gasteiger partial charge in [-0.3, -0.25) is 0 Å². The van der Waals surface area contributed by atoms with Gasteiger partial charge >= 0.3 is 0 Å². The van der Waals surface area contributed by atoms with Crippen LogP contribution in [0.2, 0.25) is 0 Å². The number of rotatable bonds is 4. The topological polar surface area (TPSA) is 21.3 Å². The summed E-state index contributed by atoms with van der Waals surface area (Å²) in [5.74, 6) is 0.500. The highest BCUT2D eigenvalue weighted by Gasteiger charge is 2.20. The van der Waals surface area contributed by atoms with Crippen molar-refractivity contribution >= 4 is 15.9 Å². The third kappa shape index (κ3) is 3.02. The number of benzene rings is 2. The van der Waals surface area contributed by atoms with E-state index in [1.807, 2.05) is 38.2 Å². The minimum Gasteiger partial charge on any atom is -0.496 e. The summed E-state index contributed by atoms with van der Waals surface area (Å²) < 4.78 is 20.3. The first-order chi connectivity index (χ1) is 9.56. The number of hydrogen-bond acceptors (Lipinski definition) is 2. The van der Waals surface area contributed by atoms with Crippen molar-refractivity contribution in [3.05, 3.63) is 63.4 Å². The monoisotopic (exact) mass is 337 g/mol. The van der Waals surface area contributed by atoms with E-state index in [4.69, 9.17) is 4.74 Å². The van der Waals surface area contributed by atoms with Crippen LogP contribution in [0.25, 0.3) is 0 Å². The lowest BCUT2D eigenvalue weighted by Gasteiger charge is -2.21. The summed E-state index contributed by atoms with van der Waals surface area (Å²) in [5, 5.41) is 3.16. The Morgan fingerprint density at radius 3 is 2.50 bits per heavy atom. The zero-order chi connectivity index (χ0) is 14.7. The maximum Gasteiger partial charge on any atom is 0.129 e. The van der Waals surface area contributed by atoms with Crippen LogP contribution in [0.1, 0.15) is 22.7 Å². The number of methoxy groups -OCH3 is 1. The first kappa shape index (κ1) is 15.0. The molecule has 0 bridgehead atoms. The number of hydrogen-bond donors (Lipinski definition) is 1. The van der Waals surface area contributed by atoms with Crippen LogP contribution in [0.3, 0.4) is 0 Å². The van der Waals surface area contributed by atoms with Crippen molar-refractivity contribution in [1.29, 1.82) is 0 Å². The molecule has 0 aliphatic rings. The van der Waals surface area contributed by atoms with Crippen molar-refractivity contribution in [2.75, 3.05) is 14.2 Å². The molecule has 0 saturated heterocycles. The van der Waals surface area contributed by atoms with E-state index < -0.39 is 0 Å². The van der Waals surface area contributed by atoms with Gasteiger partial charge in [-0.15, -0.1) is 0 Å². The Morgan fingerprint density at radius 2 is 1.90 bits per heavy atom. The van der Waals surface area contributed by atoms with Crippen LogP contribution in [-0.2, 0) is 0 Å². The molecule has 0 aliphatic carbocycles. The van der Waals surface area contributed by atoms with Gasteiger partial charge in [-0.25, -0.2) is 4.39 Å². The zero-order valence-corrected chi connectivity index (χ0v) is 13.3. The van der Waals surface area contributed by atoms with E-state index in [0.717, 1.165) is 21.3 Å². The molecule has 0 fully saturated rings. The van der Waals surface area contributed by atoms with Gasteiger partial charge in [-0.05, 0) is 32.2 Å². The van der Waals surface area contributed by atoms with Crippen LogP contribution < -0.4 is 10.1 Å². The summed E-state index contributed by atoms with van der Waals surface area (Å²) >= 11 is 3.28. The quantitative estimate of drug-likeness (QED) is 0.902. The first-order valence-electron chi connectivity index (χ1n) is 6.33. The number of halogens is 2. The Bertz CT molecular complexity index is 615. The molecule has 1 atom stereocenters. The van der Waals surface area contributed by atoms with Crippen molar-refractivity contribution < 1.29 is 9.13 Å². The van der Waals surface area contributed by atoms with Gasteiger partial charge in [0.1, 0.15) is 11.6 Å². The molecule has 1 unspecified atom stereocenters. The SMILES string of the molecule is CNC(c1ccc(Br)cc1F)c1cc(C)ccc1OC. The van der Waals surface area contributed by atoms with E-state index in [-0.39, 0.29) is 11.9 Å². The van der Waals surface area contributed by atoms with Crippen molar-refractivity contribution in [3.8, 4) is 5.75 Å². The van der Waals surface area contributed by atoms with Gasteiger partial charge in [-0.1, -0.05) is 39.7 Å². The summed E-state index contributed by atoms with van der Waals surface area (Å²) in [4.78, 5) is 0. The lowest BCUT2D eigenvalue weighted by Crippen LogP contribution is -2.20. The molecule has 20 heavy (non-hydrogen) atoms. The number of nitrogens with one attached hydrogen (secondary N) is 1. The highest BCUT2D eigenvalue weighted by molar-refractivity contribution is 9.10. The maximum atomic E-state index is 14.2. The summed E-state index contributed by atoms with van der Waals surface area (Å²) in [6.07, 6.45) is 0. The molecule has 0 amide bonds. The minimum atomic E-state index is -0.252. The third-order valence-electron chi connectivity index (χ3n) is 3.26. The molecule has 2 aromatic rings. The predicted octanol–water partition coefficient (Wildman–Crippen LogP) is 4.21. The van der Waals surface area contributed by atoms with E-state index >= 15 is 0 Å². The van der Waals surface area contributed by atoms with Crippen LogP contribution in [0.4, 0.5) is 4.39 Å². The van der Waals surface area contributed by atoms with Crippen LogP contribution in [0, 0.1) is 12.7 Å². The second-order valence-electron chi connectivity index (χ2n) is 4.63. The molecular weight excluding hydrogens is 321 g/mol. The highest BCUT2D eigenvalue weighted by atomic mass is 79.9. The molecule has 2 rings (SSSR count). The van der Waals surface area contributed by atoms with Crippen molar-refractivity contribution in [2.45, 2.75) is 13.0 Å². The third-order valence-corrected chi connectivity index (χ3v) is 3.75. The molecule has 1 N–H and O–H groups in total. The summed E-state index contributed by atoms with van der Waals surface area (Å²) in [7, 11) is 3.44. The van der Waals surface area contributed by atoms with Crippen molar-refractivity contribution in [1.82, 2.24) is 5.32 Å². The maximum absolute atomic E-state index is 14.2. The molecular formula is C16H17BrFNO. The first-order valence-corrected chi connectivity index (χ1v) is 7.13. The normalized spacial score (nSPS) is 12.2. The van der Waals surface area contributed by atoms with Gasteiger partial charge in [0.2, 0.25) is 0 Å². The fourth-order valence-electron chi connectivity index (χ4n) is 2.29. The second-order valence-corrected chi connectivity index (χ2v) is 5.55. The Hall–Kier alpha value is -1.39. The van der Waals surface area contributed by atoms with Gasteiger partial charge in [0.05, 0.1) is 13.2 Å². The predicted molar refractivity (Wildman–Crippen MR) is 82.7 cm³/mol. The average molecular weight is 338 g/mol. The van der Waals surface area contributed by atoms with E-state index in [9.17, 15) is 4.39 Å². The molecule has 106 valence electrons.